The maximum atomic E-state index is 12.0. The van der Waals surface area contributed by atoms with E-state index in [0.717, 1.165) is 22.7 Å². The zero-order chi connectivity index (χ0) is 14.5. The van der Waals surface area contributed by atoms with Crippen LogP contribution in [0, 0.1) is 11.8 Å². The van der Waals surface area contributed by atoms with E-state index in [1.54, 1.807) is 12.1 Å². The Morgan fingerprint density at radius 3 is 2.70 bits per heavy atom. The van der Waals surface area contributed by atoms with Gasteiger partial charge in [-0.05, 0) is 36.5 Å². The number of carbonyl (C=O) groups is 1. The van der Waals surface area contributed by atoms with Crippen LogP contribution in [0.3, 0.4) is 0 Å². The molecular formula is C16H22BrNO2. The Morgan fingerprint density at radius 2 is 2.05 bits per heavy atom. The minimum Gasteiger partial charge on any atom is -0.507 e. The Kier molecular flexibility index (Phi) is 5.46. The molecule has 0 radical (unpaired) electrons. The molecule has 1 aromatic rings. The van der Waals surface area contributed by atoms with Crippen molar-refractivity contribution in [2.75, 3.05) is 6.54 Å². The zero-order valence-corrected chi connectivity index (χ0v) is 13.4. The van der Waals surface area contributed by atoms with Crippen LogP contribution in [0.25, 0.3) is 0 Å². The highest BCUT2D eigenvalue weighted by atomic mass is 79.9. The number of aromatic hydroxyl groups is 1. The molecule has 2 N–H and O–H groups in total. The Balaban J connectivity index is 1.77. The average molecular weight is 340 g/mol. The van der Waals surface area contributed by atoms with E-state index in [9.17, 15) is 9.90 Å². The van der Waals surface area contributed by atoms with Crippen LogP contribution in [-0.4, -0.2) is 17.6 Å². The van der Waals surface area contributed by atoms with Crippen LogP contribution in [0.15, 0.2) is 22.7 Å². The van der Waals surface area contributed by atoms with Gasteiger partial charge < -0.3 is 10.4 Å². The van der Waals surface area contributed by atoms with Crippen LogP contribution in [0.4, 0.5) is 0 Å². The Labute approximate surface area is 128 Å². The van der Waals surface area contributed by atoms with Gasteiger partial charge in [0.25, 0.3) is 5.91 Å². The van der Waals surface area contributed by atoms with Crippen molar-refractivity contribution in [2.45, 2.75) is 39.0 Å². The van der Waals surface area contributed by atoms with Crippen LogP contribution in [-0.2, 0) is 0 Å². The summed E-state index contributed by atoms with van der Waals surface area (Å²) in [5.41, 5.74) is 0.338. The number of carbonyl (C=O) groups excluding carboxylic acids is 1. The quantitative estimate of drug-likeness (QED) is 0.867. The second-order valence-corrected chi connectivity index (χ2v) is 6.75. The third kappa shape index (κ3) is 4.23. The molecule has 1 aliphatic rings. The molecule has 0 atom stereocenters. The Hall–Kier alpha value is -1.03. The van der Waals surface area contributed by atoms with E-state index in [1.807, 2.05) is 0 Å². The molecule has 4 heteroatoms. The van der Waals surface area contributed by atoms with Gasteiger partial charge in [-0.3, -0.25) is 4.79 Å². The Bertz CT molecular complexity index is 468. The highest BCUT2D eigenvalue weighted by Gasteiger charge is 2.18. The summed E-state index contributed by atoms with van der Waals surface area (Å²) < 4.78 is 0.767. The fourth-order valence-electron chi connectivity index (χ4n) is 2.80. The number of amides is 1. The molecule has 110 valence electrons. The molecule has 1 fully saturated rings. The zero-order valence-electron chi connectivity index (χ0n) is 11.9. The van der Waals surface area contributed by atoms with E-state index in [0.29, 0.717) is 12.1 Å². The van der Waals surface area contributed by atoms with Gasteiger partial charge in [-0.15, -0.1) is 0 Å². The number of hydrogen-bond acceptors (Lipinski definition) is 2. The van der Waals surface area contributed by atoms with Crippen LogP contribution >= 0.6 is 15.9 Å². The summed E-state index contributed by atoms with van der Waals surface area (Å²) in [4.78, 5) is 12.0. The molecule has 0 saturated heterocycles. The summed E-state index contributed by atoms with van der Waals surface area (Å²) in [7, 11) is 0. The van der Waals surface area contributed by atoms with Crippen LogP contribution in [0.5, 0.6) is 5.75 Å². The minimum absolute atomic E-state index is 0.0170. The van der Waals surface area contributed by atoms with Crippen molar-refractivity contribution in [1.82, 2.24) is 5.32 Å². The van der Waals surface area contributed by atoms with Crippen molar-refractivity contribution < 1.29 is 9.90 Å². The number of phenols is 1. The van der Waals surface area contributed by atoms with Gasteiger partial charge >= 0.3 is 0 Å². The molecule has 1 saturated carbocycles. The lowest BCUT2D eigenvalue weighted by Crippen LogP contribution is -2.27. The lowest BCUT2D eigenvalue weighted by atomic mass is 9.81. The molecule has 0 aliphatic heterocycles. The van der Waals surface area contributed by atoms with Gasteiger partial charge in [0.2, 0.25) is 0 Å². The lowest BCUT2D eigenvalue weighted by Gasteiger charge is -2.26. The molecule has 3 nitrogen and oxygen atoms in total. The maximum absolute atomic E-state index is 12.0. The topological polar surface area (TPSA) is 49.3 Å². The van der Waals surface area contributed by atoms with Crippen molar-refractivity contribution in [3.8, 4) is 5.75 Å². The fourth-order valence-corrected chi connectivity index (χ4v) is 3.15. The van der Waals surface area contributed by atoms with Crippen molar-refractivity contribution in [3.63, 3.8) is 0 Å². The number of phenolic OH excluding ortho intramolecular Hbond substituents is 1. The summed E-state index contributed by atoms with van der Waals surface area (Å²) >= 11 is 3.26. The summed E-state index contributed by atoms with van der Waals surface area (Å²) in [5.74, 6) is 1.42. The van der Waals surface area contributed by atoms with E-state index in [2.05, 4.69) is 28.2 Å². The van der Waals surface area contributed by atoms with E-state index in [-0.39, 0.29) is 11.7 Å². The second kappa shape index (κ2) is 7.11. The first-order valence-electron chi connectivity index (χ1n) is 7.33. The third-order valence-electron chi connectivity index (χ3n) is 4.18. The number of hydrogen-bond donors (Lipinski definition) is 2. The average Bonchev–Trinajstić information content (AvgIpc) is 2.41. The molecule has 0 spiro atoms. The lowest BCUT2D eigenvalue weighted by molar-refractivity contribution is 0.0947. The van der Waals surface area contributed by atoms with Crippen molar-refractivity contribution in [2.24, 2.45) is 11.8 Å². The molecule has 0 unspecified atom stereocenters. The van der Waals surface area contributed by atoms with Gasteiger partial charge in [-0.1, -0.05) is 48.5 Å². The summed E-state index contributed by atoms with van der Waals surface area (Å²) in [6, 6.07) is 4.94. The Morgan fingerprint density at radius 1 is 1.35 bits per heavy atom. The number of halogens is 1. The predicted molar refractivity (Wildman–Crippen MR) is 83.9 cm³/mol. The van der Waals surface area contributed by atoms with Crippen molar-refractivity contribution in [3.05, 3.63) is 28.2 Å². The highest BCUT2D eigenvalue weighted by molar-refractivity contribution is 9.10. The molecule has 2 rings (SSSR count). The van der Waals surface area contributed by atoms with Crippen LogP contribution in [0.2, 0.25) is 0 Å². The van der Waals surface area contributed by atoms with E-state index in [1.165, 1.54) is 31.7 Å². The smallest absolute Gasteiger partial charge is 0.255 e. The minimum atomic E-state index is -0.195. The van der Waals surface area contributed by atoms with Crippen molar-refractivity contribution in [1.29, 1.82) is 0 Å². The third-order valence-corrected chi connectivity index (χ3v) is 4.67. The first kappa shape index (κ1) is 15.4. The van der Waals surface area contributed by atoms with Crippen LogP contribution < -0.4 is 5.32 Å². The monoisotopic (exact) mass is 339 g/mol. The standard InChI is InChI=1S/C16H22BrNO2/c1-11-2-4-12(5-3-11)8-9-18-16(20)14-7-6-13(17)10-15(14)19/h6-7,10-12,19H,2-5,8-9H2,1H3,(H,18,20). The van der Waals surface area contributed by atoms with Gasteiger partial charge in [0, 0.05) is 11.0 Å². The molecule has 1 aliphatic carbocycles. The van der Waals surface area contributed by atoms with Crippen LogP contribution in [0.1, 0.15) is 49.4 Å². The highest BCUT2D eigenvalue weighted by Crippen LogP contribution is 2.30. The normalized spacial score (nSPS) is 22.5. The summed E-state index contributed by atoms with van der Waals surface area (Å²) in [6.07, 6.45) is 6.22. The first-order chi connectivity index (χ1) is 9.56. The van der Waals surface area contributed by atoms with E-state index < -0.39 is 0 Å². The summed E-state index contributed by atoms with van der Waals surface area (Å²) in [6.45, 7) is 3.00. The second-order valence-electron chi connectivity index (χ2n) is 5.83. The predicted octanol–water partition coefficient (Wildman–Crippen LogP) is 4.10. The molecular weight excluding hydrogens is 318 g/mol. The summed E-state index contributed by atoms with van der Waals surface area (Å²) in [5, 5.41) is 12.7. The van der Waals surface area contributed by atoms with E-state index >= 15 is 0 Å². The van der Waals surface area contributed by atoms with Gasteiger partial charge in [0.05, 0.1) is 5.56 Å². The number of benzene rings is 1. The van der Waals surface area contributed by atoms with Gasteiger partial charge in [0.15, 0.2) is 0 Å². The first-order valence-corrected chi connectivity index (χ1v) is 8.12. The molecule has 1 amide bonds. The molecule has 0 heterocycles. The molecule has 1 aromatic carbocycles. The van der Waals surface area contributed by atoms with Gasteiger partial charge in [-0.25, -0.2) is 0 Å². The van der Waals surface area contributed by atoms with E-state index in [4.69, 9.17) is 0 Å². The molecule has 0 aromatic heterocycles. The largest absolute Gasteiger partial charge is 0.507 e. The number of rotatable bonds is 4. The van der Waals surface area contributed by atoms with Gasteiger partial charge in [-0.2, -0.15) is 0 Å². The number of nitrogens with one attached hydrogen (secondary N) is 1. The molecule has 0 bridgehead atoms. The SMILES string of the molecule is CC1CCC(CCNC(=O)c2ccc(Br)cc2O)CC1. The molecule has 20 heavy (non-hydrogen) atoms. The fraction of sp³-hybridized carbons (Fsp3) is 0.562. The maximum Gasteiger partial charge on any atom is 0.255 e. The van der Waals surface area contributed by atoms with Crippen molar-refractivity contribution >= 4 is 21.8 Å². The van der Waals surface area contributed by atoms with Gasteiger partial charge in [0.1, 0.15) is 5.75 Å².